The molecule has 1 aliphatic carbocycles. The van der Waals surface area contributed by atoms with E-state index in [9.17, 15) is 4.79 Å². The Morgan fingerprint density at radius 2 is 2.37 bits per heavy atom. The van der Waals surface area contributed by atoms with Gasteiger partial charge in [-0.2, -0.15) is 0 Å². The molecule has 2 N–H and O–H groups in total. The molecule has 2 aromatic heterocycles. The standard InChI is InChI=1S/C13H16N4O2/c1-2-9-6-15-12(19-9)7-14-10-5-11(18)17-13(16-10)8-3-4-8/h5-6,8H,2-4,7H2,1H3,(H2,14,16,17,18). The van der Waals surface area contributed by atoms with Crippen LogP contribution in [0.3, 0.4) is 0 Å². The fourth-order valence-electron chi connectivity index (χ4n) is 1.88. The van der Waals surface area contributed by atoms with Gasteiger partial charge in [0.2, 0.25) is 5.89 Å². The van der Waals surface area contributed by atoms with Crippen LogP contribution >= 0.6 is 0 Å². The van der Waals surface area contributed by atoms with Crippen molar-refractivity contribution in [3.63, 3.8) is 0 Å². The maximum Gasteiger partial charge on any atom is 0.252 e. The molecule has 6 nitrogen and oxygen atoms in total. The first-order valence-corrected chi connectivity index (χ1v) is 6.53. The summed E-state index contributed by atoms with van der Waals surface area (Å²) in [5.74, 6) is 3.22. The summed E-state index contributed by atoms with van der Waals surface area (Å²) in [6.45, 7) is 2.44. The molecule has 0 radical (unpaired) electrons. The third kappa shape index (κ3) is 2.83. The van der Waals surface area contributed by atoms with Gasteiger partial charge in [-0.15, -0.1) is 0 Å². The molecule has 0 atom stereocenters. The van der Waals surface area contributed by atoms with E-state index in [0.29, 0.717) is 24.2 Å². The van der Waals surface area contributed by atoms with Crippen LogP contribution in [0.4, 0.5) is 5.82 Å². The maximum absolute atomic E-state index is 11.5. The Kier molecular flexibility index (Phi) is 3.06. The van der Waals surface area contributed by atoms with Crippen LogP contribution in [0.25, 0.3) is 0 Å². The molecule has 0 spiro atoms. The summed E-state index contributed by atoms with van der Waals surface area (Å²) < 4.78 is 5.49. The highest BCUT2D eigenvalue weighted by Gasteiger charge is 2.26. The summed E-state index contributed by atoms with van der Waals surface area (Å²) in [5.41, 5.74) is -0.124. The average molecular weight is 260 g/mol. The van der Waals surface area contributed by atoms with Crippen molar-refractivity contribution < 1.29 is 4.42 Å². The van der Waals surface area contributed by atoms with Crippen LogP contribution in [-0.2, 0) is 13.0 Å². The van der Waals surface area contributed by atoms with Crippen molar-refractivity contribution in [1.29, 1.82) is 0 Å². The van der Waals surface area contributed by atoms with Crippen molar-refractivity contribution in [3.8, 4) is 0 Å². The maximum atomic E-state index is 11.5. The number of H-pyrrole nitrogens is 1. The summed E-state index contributed by atoms with van der Waals surface area (Å²) in [7, 11) is 0. The van der Waals surface area contributed by atoms with Crippen LogP contribution in [0.1, 0.15) is 43.2 Å². The molecule has 0 amide bonds. The van der Waals surface area contributed by atoms with E-state index in [-0.39, 0.29) is 5.56 Å². The summed E-state index contributed by atoms with van der Waals surface area (Å²) in [4.78, 5) is 22.9. The molecule has 1 aliphatic rings. The number of oxazole rings is 1. The second-order valence-corrected chi connectivity index (χ2v) is 4.72. The van der Waals surface area contributed by atoms with E-state index >= 15 is 0 Å². The molecule has 0 aliphatic heterocycles. The molecule has 19 heavy (non-hydrogen) atoms. The molecule has 2 heterocycles. The number of nitrogens with zero attached hydrogens (tertiary/aromatic N) is 2. The summed E-state index contributed by atoms with van der Waals surface area (Å²) in [6.07, 6.45) is 4.75. The largest absolute Gasteiger partial charge is 0.444 e. The SMILES string of the molecule is CCc1cnc(CNc2cc(=O)[nH]c(C3CC3)n2)o1. The number of nitrogens with one attached hydrogen (secondary N) is 2. The highest BCUT2D eigenvalue weighted by atomic mass is 16.4. The lowest BCUT2D eigenvalue weighted by Gasteiger charge is -2.04. The molecule has 1 fully saturated rings. The number of hydrogen-bond donors (Lipinski definition) is 2. The molecule has 0 aromatic carbocycles. The van der Waals surface area contributed by atoms with Gasteiger partial charge in [0.15, 0.2) is 0 Å². The van der Waals surface area contributed by atoms with Crippen molar-refractivity contribution in [2.75, 3.05) is 5.32 Å². The van der Waals surface area contributed by atoms with Gasteiger partial charge >= 0.3 is 0 Å². The van der Waals surface area contributed by atoms with Gasteiger partial charge in [0.25, 0.3) is 5.56 Å². The fraction of sp³-hybridized carbons (Fsp3) is 0.462. The van der Waals surface area contributed by atoms with E-state index in [0.717, 1.165) is 30.8 Å². The Labute approximate surface area is 110 Å². The van der Waals surface area contributed by atoms with E-state index in [4.69, 9.17) is 4.42 Å². The van der Waals surface area contributed by atoms with E-state index in [1.165, 1.54) is 6.07 Å². The summed E-state index contributed by atoms with van der Waals surface area (Å²) >= 11 is 0. The van der Waals surface area contributed by atoms with Crippen LogP contribution in [-0.4, -0.2) is 15.0 Å². The third-order valence-corrected chi connectivity index (χ3v) is 3.09. The minimum absolute atomic E-state index is 0.124. The normalized spacial score (nSPS) is 14.6. The number of aromatic nitrogens is 3. The summed E-state index contributed by atoms with van der Waals surface area (Å²) in [5, 5.41) is 3.07. The van der Waals surface area contributed by atoms with Crippen LogP contribution in [0.5, 0.6) is 0 Å². The Balaban J connectivity index is 1.70. The lowest BCUT2D eigenvalue weighted by Crippen LogP contribution is -2.13. The number of aryl methyl sites for hydroxylation is 1. The first kappa shape index (κ1) is 12.0. The van der Waals surface area contributed by atoms with Gasteiger partial charge in [-0.3, -0.25) is 4.79 Å². The van der Waals surface area contributed by atoms with Crippen LogP contribution in [0, 0.1) is 0 Å². The molecule has 3 rings (SSSR count). The van der Waals surface area contributed by atoms with E-state index < -0.39 is 0 Å². The Bertz CT molecular complexity index is 628. The smallest absolute Gasteiger partial charge is 0.252 e. The molecular formula is C13H16N4O2. The Hall–Kier alpha value is -2.11. The Morgan fingerprint density at radius 1 is 1.53 bits per heavy atom. The molecule has 6 heteroatoms. The number of anilines is 1. The zero-order valence-electron chi connectivity index (χ0n) is 10.8. The van der Waals surface area contributed by atoms with Crippen molar-refractivity contribution in [2.24, 2.45) is 0 Å². The molecule has 0 bridgehead atoms. The molecule has 0 saturated heterocycles. The molecule has 100 valence electrons. The lowest BCUT2D eigenvalue weighted by atomic mass is 10.4. The predicted octanol–water partition coefficient (Wildman–Crippen LogP) is 1.81. The van der Waals surface area contributed by atoms with Crippen molar-refractivity contribution in [1.82, 2.24) is 15.0 Å². The van der Waals surface area contributed by atoms with Gasteiger partial charge in [-0.25, -0.2) is 9.97 Å². The quantitative estimate of drug-likeness (QED) is 0.856. The average Bonchev–Trinajstić information content (AvgIpc) is 3.15. The van der Waals surface area contributed by atoms with Crippen LogP contribution in [0.2, 0.25) is 0 Å². The molecule has 0 unspecified atom stereocenters. The molecular weight excluding hydrogens is 244 g/mol. The highest BCUT2D eigenvalue weighted by molar-refractivity contribution is 5.34. The Morgan fingerprint density at radius 3 is 3.05 bits per heavy atom. The lowest BCUT2D eigenvalue weighted by molar-refractivity contribution is 0.465. The van der Waals surface area contributed by atoms with Gasteiger partial charge in [0, 0.05) is 18.4 Å². The highest BCUT2D eigenvalue weighted by Crippen LogP contribution is 2.37. The summed E-state index contributed by atoms with van der Waals surface area (Å²) in [6, 6.07) is 1.45. The van der Waals surface area contributed by atoms with Gasteiger partial charge in [-0.1, -0.05) is 6.92 Å². The number of aromatic amines is 1. The van der Waals surface area contributed by atoms with Crippen molar-refractivity contribution in [2.45, 2.75) is 38.6 Å². The first-order chi connectivity index (χ1) is 9.24. The first-order valence-electron chi connectivity index (χ1n) is 6.53. The van der Waals surface area contributed by atoms with Crippen molar-refractivity contribution >= 4 is 5.82 Å². The van der Waals surface area contributed by atoms with Gasteiger partial charge < -0.3 is 14.7 Å². The third-order valence-electron chi connectivity index (χ3n) is 3.09. The predicted molar refractivity (Wildman–Crippen MR) is 70.0 cm³/mol. The van der Waals surface area contributed by atoms with Gasteiger partial charge in [-0.05, 0) is 12.8 Å². The van der Waals surface area contributed by atoms with Crippen molar-refractivity contribution in [3.05, 3.63) is 40.1 Å². The number of rotatable bonds is 5. The second-order valence-electron chi connectivity index (χ2n) is 4.72. The zero-order valence-corrected chi connectivity index (χ0v) is 10.8. The molecule has 1 saturated carbocycles. The fourth-order valence-corrected chi connectivity index (χ4v) is 1.88. The zero-order chi connectivity index (χ0) is 13.2. The van der Waals surface area contributed by atoms with Gasteiger partial charge in [0.05, 0.1) is 12.7 Å². The van der Waals surface area contributed by atoms with Gasteiger partial charge in [0.1, 0.15) is 17.4 Å². The number of hydrogen-bond acceptors (Lipinski definition) is 5. The van der Waals surface area contributed by atoms with E-state index in [1.807, 2.05) is 6.92 Å². The van der Waals surface area contributed by atoms with E-state index in [2.05, 4.69) is 20.3 Å². The minimum atomic E-state index is -0.124. The van der Waals surface area contributed by atoms with Crippen LogP contribution in [0.15, 0.2) is 21.5 Å². The molecule has 2 aromatic rings. The second kappa shape index (κ2) is 4.87. The topological polar surface area (TPSA) is 83.8 Å². The minimum Gasteiger partial charge on any atom is -0.444 e. The van der Waals surface area contributed by atoms with Crippen LogP contribution < -0.4 is 10.9 Å². The van der Waals surface area contributed by atoms with E-state index in [1.54, 1.807) is 6.20 Å². The monoisotopic (exact) mass is 260 g/mol.